The largest absolute Gasteiger partial charge is 0.349 e. The number of aromatic nitrogens is 2. The quantitative estimate of drug-likeness (QED) is 0.532. The molecule has 0 bridgehead atoms. The second-order valence-electron chi connectivity index (χ2n) is 5.71. The van der Waals surface area contributed by atoms with Crippen molar-refractivity contribution in [3.63, 3.8) is 0 Å². The second kappa shape index (κ2) is 7.14. The molecule has 3 amide bonds. The Hall–Kier alpha value is -3.69. The third-order valence-electron chi connectivity index (χ3n) is 3.83. The summed E-state index contributed by atoms with van der Waals surface area (Å²) in [5, 5.41) is 34.1. The van der Waals surface area contributed by atoms with Crippen LogP contribution in [0, 0.1) is 23.0 Å². The third kappa shape index (κ3) is 3.56. The molecule has 2 aromatic rings. The second-order valence-corrected chi connectivity index (χ2v) is 5.71. The normalized spacial score (nSPS) is 14.7. The van der Waals surface area contributed by atoms with Crippen LogP contribution in [0.4, 0.5) is 19.3 Å². The number of carbonyl (C=O) groups excluding carboxylic acids is 2. The van der Waals surface area contributed by atoms with Gasteiger partial charge >= 0.3 is 6.03 Å². The lowest BCUT2D eigenvalue weighted by Gasteiger charge is -2.38. The maximum absolute atomic E-state index is 13.5. The monoisotopic (exact) mass is 390 g/mol. The van der Waals surface area contributed by atoms with Crippen LogP contribution in [-0.2, 0) is 17.3 Å². The summed E-state index contributed by atoms with van der Waals surface area (Å²) < 4.78 is 26.4. The highest BCUT2D eigenvalue weighted by Crippen LogP contribution is 2.32. The van der Waals surface area contributed by atoms with E-state index in [4.69, 9.17) is 5.26 Å². The molecular formula is C16H12F2N6O4. The number of hydrogen-bond acceptors (Lipinski definition) is 7. The van der Waals surface area contributed by atoms with E-state index in [0.717, 1.165) is 6.20 Å². The molecule has 0 spiro atoms. The van der Waals surface area contributed by atoms with Gasteiger partial charge in [-0.25, -0.2) is 18.6 Å². The Bertz CT molecular complexity index is 1010. The van der Waals surface area contributed by atoms with Crippen LogP contribution >= 0.6 is 0 Å². The Kier molecular flexibility index (Phi) is 4.87. The number of anilines is 1. The third-order valence-corrected chi connectivity index (χ3v) is 3.83. The molecule has 0 saturated carbocycles. The number of fused-ring (bicyclic) bond motifs is 1. The fraction of sp³-hybridized carbons (Fsp3) is 0.188. The van der Waals surface area contributed by atoms with Crippen LogP contribution < -0.4 is 10.6 Å². The first kappa shape index (κ1) is 19.1. The van der Waals surface area contributed by atoms with E-state index < -0.39 is 48.3 Å². The van der Waals surface area contributed by atoms with Crippen molar-refractivity contribution in [2.45, 2.75) is 12.5 Å². The average molecular weight is 390 g/mol. The number of rotatable bonds is 4. The van der Waals surface area contributed by atoms with Gasteiger partial charge in [0, 0.05) is 6.07 Å². The van der Waals surface area contributed by atoms with Gasteiger partial charge in [0.15, 0.2) is 0 Å². The lowest BCUT2D eigenvalue weighted by Crippen LogP contribution is -2.58. The molecule has 4 N–H and O–H groups in total. The molecule has 144 valence electrons. The van der Waals surface area contributed by atoms with Crippen molar-refractivity contribution in [1.82, 2.24) is 20.2 Å². The molecular weight excluding hydrogens is 378 g/mol. The number of pyridine rings is 2. The van der Waals surface area contributed by atoms with E-state index >= 15 is 0 Å². The molecule has 1 aliphatic rings. The maximum atomic E-state index is 13.5. The standard InChI is InChI=1S/C16H12F2N6O4/c17-8-3-10(18)12(20-5-8)6-21-13(25)7-24-15(26)23-11-2-1-9(4-19)22-14(11)16(24,27)28/h1-3,5,27-28H,6-7H2,(H,21,25)(H,23,26). The van der Waals surface area contributed by atoms with Crippen LogP contribution in [0.1, 0.15) is 17.1 Å². The van der Waals surface area contributed by atoms with Crippen molar-refractivity contribution >= 4 is 17.6 Å². The number of aliphatic hydroxyl groups is 2. The van der Waals surface area contributed by atoms with Gasteiger partial charge in [-0.3, -0.25) is 14.7 Å². The Morgan fingerprint density at radius 2 is 2.14 bits per heavy atom. The molecule has 10 nitrogen and oxygen atoms in total. The van der Waals surface area contributed by atoms with Gasteiger partial charge in [0.25, 0.3) is 5.91 Å². The Labute approximate surface area is 156 Å². The van der Waals surface area contributed by atoms with Gasteiger partial charge in [0.2, 0.25) is 5.91 Å². The van der Waals surface area contributed by atoms with E-state index in [2.05, 4.69) is 20.6 Å². The SMILES string of the molecule is N#Cc1ccc2c(n1)C(O)(O)N(CC(=O)NCc1ncc(F)cc1F)C(=O)N2. The van der Waals surface area contributed by atoms with Crippen molar-refractivity contribution < 1.29 is 28.6 Å². The zero-order valence-corrected chi connectivity index (χ0v) is 14.0. The Morgan fingerprint density at radius 3 is 2.82 bits per heavy atom. The molecule has 12 heteroatoms. The highest BCUT2D eigenvalue weighted by molar-refractivity contribution is 5.95. The van der Waals surface area contributed by atoms with Gasteiger partial charge in [-0.15, -0.1) is 0 Å². The van der Waals surface area contributed by atoms with Crippen molar-refractivity contribution in [2.24, 2.45) is 0 Å². The molecule has 3 rings (SSSR count). The minimum atomic E-state index is -2.97. The van der Waals surface area contributed by atoms with Crippen LogP contribution in [0.2, 0.25) is 0 Å². The predicted octanol–water partition coefficient (Wildman–Crippen LogP) is -0.115. The van der Waals surface area contributed by atoms with E-state index in [1.165, 1.54) is 12.1 Å². The number of nitriles is 1. The molecule has 2 aromatic heterocycles. The highest BCUT2D eigenvalue weighted by atomic mass is 19.1. The van der Waals surface area contributed by atoms with Gasteiger partial charge in [0.1, 0.15) is 35.6 Å². The summed E-state index contributed by atoms with van der Waals surface area (Å²) in [6.07, 6.45) is 0.768. The summed E-state index contributed by atoms with van der Waals surface area (Å²) in [4.78, 5) is 31.8. The maximum Gasteiger partial charge on any atom is 0.326 e. The van der Waals surface area contributed by atoms with Gasteiger partial charge in [-0.2, -0.15) is 5.26 Å². The van der Waals surface area contributed by atoms with Gasteiger partial charge in [-0.05, 0) is 12.1 Å². The first-order valence-corrected chi connectivity index (χ1v) is 7.74. The lowest BCUT2D eigenvalue weighted by molar-refractivity contribution is -0.257. The number of halogens is 2. The van der Waals surface area contributed by atoms with Crippen LogP contribution in [0.3, 0.4) is 0 Å². The van der Waals surface area contributed by atoms with Crippen LogP contribution in [-0.4, -0.2) is 43.6 Å². The molecule has 3 heterocycles. The fourth-order valence-electron chi connectivity index (χ4n) is 2.47. The molecule has 0 aromatic carbocycles. The first-order chi connectivity index (χ1) is 13.2. The summed E-state index contributed by atoms with van der Waals surface area (Å²) in [7, 11) is 0. The topological polar surface area (TPSA) is 151 Å². The zero-order valence-electron chi connectivity index (χ0n) is 14.0. The molecule has 0 radical (unpaired) electrons. The molecule has 0 saturated heterocycles. The van der Waals surface area contributed by atoms with E-state index in [9.17, 15) is 28.6 Å². The van der Waals surface area contributed by atoms with Gasteiger partial charge < -0.3 is 20.8 Å². The fourth-order valence-corrected chi connectivity index (χ4v) is 2.47. The highest BCUT2D eigenvalue weighted by Gasteiger charge is 2.46. The van der Waals surface area contributed by atoms with Crippen LogP contribution in [0.25, 0.3) is 0 Å². The van der Waals surface area contributed by atoms with Crippen molar-refractivity contribution in [1.29, 1.82) is 5.26 Å². The van der Waals surface area contributed by atoms with E-state index in [1.54, 1.807) is 6.07 Å². The lowest BCUT2D eigenvalue weighted by atomic mass is 10.1. The molecule has 0 atom stereocenters. The summed E-state index contributed by atoms with van der Waals surface area (Å²) in [6.45, 7) is -1.25. The van der Waals surface area contributed by atoms with Crippen LogP contribution in [0.5, 0.6) is 0 Å². The molecule has 0 aliphatic carbocycles. The summed E-state index contributed by atoms with van der Waals surface area (Å²) in [5.74, 6) is -5.71. The Morgan fingerprint density at radius 1 is 1.39 bits per heavy atom. The molecule has 1 aliphatic heterocycles. The summed E-state index contributed by atoms with van der Waals surface area (Å²) in [5.41, 5.74) is -0.860. The van der Waals surface area contributed by atoms with Crippen molar-refractivity contribution in [3.8, 4) is 6.07 Å². The number of carbonyl (C=O) groups is 2. The summed E-state index contributed by atoms with van der Waals surface area (Å²) in [6, 6.07) is 3.83. The molecule has 0 unspecified atom stereocenters. The smallest absolute Gasteiger partial charge is 0.326 e. The van der Waals surface area contributed by atoms with Crippen molar-refractivity contribution in [2.75, 3.05) is 11.9 Å². The number of hydrogen-bond donors (Lipinski definition) is 4. The zero-order chi connectivity index (χ0) is 20.5. The first-order valence-electron chi connectivity index (χ1n) is 7.74. The average Bonchev–Trinajstić information content (AvgIpc) is 2.64. The number of amides is 3. The molecule has 0 fully saturated rings. The Balaban J connectivity index is 1.74. The van der Waals surface area contributed by atoms with Gasteiger partial charge in [-0.1, -0.05) is 0 Å². The summed E-state index contributed by atoms with van der Waals surface area (Å²) >= 11 is 0. The van der Waals surface area contributed by atoms with E-state index in [0.29, 0.717) is 11.0 Å². The van der Waals surface area contributed by atoms with E-state index in [1.807, 2.05) is 0 Å². The van der Waals surface area contributed by atoms with Crippen molar-refractivity contribution in [3.05, 3.63) is 53.1 Å². The molecule has 28 heavy (non-hydrogen) atoms. The predicted molar refractivity (Wildman–Crippen MR) is 86.8 cm³/mol. The number of nitrogens with zero attached hydrogens (tertiary/aromatic N) is 4. The number of nitrogens with one attached hydrogen (secondary N) is 2. The van der Waals surface area contributed by atoms with E-state index in [-0.39, 0.29) is 17.1 Å². The minimum absolute atomic E-state index is 0.0387. The van der Waals surface area contributed by atoms with Crippen LogP contribution in [0.15, 0.2) is 24.4 Å². The number of urea groups is 1. The minimum Gasteiger partial charge on any atom is -0.349 e. The van der Waals surface area contributed by atoms with Gasteiger partial charge in [0.05, 0.1) is 24.1 Å².